The van der Waals surface area contributed by atoms with Gasteiger partial charge in [0.25, 0.3) is 0 Å². The highest BCUT2D eigenvalue weighted by atomic mass is 19.1. The summed E-state index contributed by atoms with van der Waals surface area (Å²) in [5, 5.41) is 3.30. The predicted octanol–water partition coefficient (Wildman–Crippen LogP) is 1.74. The standard InChI is InChI=1S/C16H22FN3O/c1-11-16(21)20(14-7-4-8-19(2)10-14)15(18-11)12-5-3-6-13(17)9-12/h3,5-6,9,11,14-15,18H,4,7-8,10H2,1-2H3. The van der Waals surface area contributed by atoms with Crippen molar-refractivity contribution in [3.8, 4) is 0 Å². The van der Waals surface area contributed by atoms with Gasteiger partial charge in [0.05, 0.1) is 6.04 Å². The molecule has 0 aromatic heterocycles. The van der Waals surface area contributed by atoms with Gasteiger partial charge >= 0.3 is 0 Å². The normalized spacial score (nSPS) is 30.9. The summed E-state index contributed by atoms with van der Waals surface area (Å²) in [7, 11) is 2.08. The Morgan fingerprint density at radius 3 is 2.90 bits per heavy atom. The molecule has 2 saturated heterocycles. The summed E-state index contributed by atoms with van der Waals surface area (Å²) < 4.78 is 13.5. The fraction of sp³-hybridized carbons (Fsp3) is 0.562. The van der Waals surface area contributed by atoms with E-state index < -0.39 is 0 Å². The third-order valence-electron chi connectivity index (χ3n) is 4.47. The fourth-order valence-corrected chi connectivity index (χ4v) is 3.43. The quantitative estimate of drug-likeness (QED) is 0.901. The van der Waals surface area contributed by atoms with E-state index in [-0.39, 0.29) is 30.0 Å². The van der Waals surface area contributed by atoms with Crippen LogP contribution >= 0.6 is 0 Å². The van der Waals surface area contributed by atoms with Gasteiger partial charge in [0, 0.05) is 12.6 Å². The van der Waals surface area contributed by atoms with Crippen LogP contribution < -0.4 is 5.32 Å². The van der Waals surface area contributed by atoms with Gasteiger partial charge in [-0.1, -0.05) is 12.1 Å². The van der Waals surface area contributed by atoms with Crippen LogP contribution in [0.1, 0.15) is 31.5 Å². The first kappa shape index (κ1) is 14.5. The minimum absolute atomic E-state index is 0.115. The van der Waals surface area contributed by atoms with Crippen LogP contribution in [0.4, 0.5) is 4.39 Å². The molecule has 3 rings (SSSR count). The number of likely N-dealkylation sites (tertiary alicyclic amines) is 1. The number of nitrogens with zero attached hydrogens (tertiary/aromatic N) is 2. The smallest absolute Gasteiger partial charge is 0.241 e. The summed E-state index contributed by atoms with van der Waals surface area (Å²) in [5.74, 6) is -0.147. The van der Waals surface area contributed by atoms with Crippen LogP contribution in [0.2, 0.25) is 0 Å². The van der Waals surface area contributed by atoms with E-state index in [1.807, 2.05) is 17.9 Å². The molecule has 5 heteroatoms. The predicted molar refractivity (Wildman–Crippen MR) is 79.1 cm³/mol. The highest BCUT2D eigenvalue weighted by Crippen LogP contribution is 2.30. The Balaban J connectivity index is 1.89. The number of carbonyl (C=O) groups is 1. The Labute approximate surface area is 124 Å². The lowest BCUT2D eigenvalue weighted by Gasteiger charge is -2.38. The summed E-state index contributed by atoms with van der Waals surface area (Å²) in [6, 6.07) is 6.51. The highest BCUT2D eigenvalue weighted by molar-refractivity contribution is 5.84. The van der Waals surface area contributed by atoms with E-state index in [0.29, 0.717) is 0 Å². The average molecular weight is 291 g/mol. The molecule has 1 aromatic rings. The Bertz CT molecular complexity index is 536. The SMILES string of the molecule is CC1NC(c2cccc(F)c2)N(C2CCCN(C)C2)C1=O. The molecule has 1 N–H and O–H groups in total. The van der Waals surface area contributed by atoms with Gasteiger partial charge in [-0.05, 0) is 51.1 Å². The van der Waals surface area contributed by atoms with Gasteiger partial charge in [0.15, 0.2) is 0 Å². The largest absolute Gasteiger partial charge is 0.317 e. The van der Waals surface area contributed by atoms with E-state index in [2.05, 4.69) is 17.3 Å². The van der Waals surface area contributed by atoms with Crippen molar-refractivity contribution in [3.63, 3.8) is 0 Å². The van der Waals surface area contributed by atoms with Crippen molar-refractivity contribution < 1.29 is 9.18 Å². The lowest BCUT2D eigenvalue weighted by Crippen LogP contribution is -2.49. The molecular weight excluding hydrogens is 269 g/mol. The minimum atomic E-state index is -0.262. The van der Waals surface area contributed by atoms with Crippen LogP contribution in [0.25, 0.3) is 0 Å². The summed E-state index contributed by atoms with van der Waals surface area (Å²) in [4.78, 5) is 16.7. The first-order chi connectivity index (χ1) is 10.1. The van der Waals surface area contributed by atoms with Crippen LogP contribution in [0.15, 0.2) is 24.3 Å². The van der Waals surface area contributed by atoms with E-state index >= 15 is 0 Å². The Kier molecular flexibility index (Phi) is 3.95. The molecule has 1 aromatic carbocycles. The molecule has 2 heterocycles. The van der Waals surface area contributed by atoms with E-state index in [1.54, 1.807) is 6.07 Å². The zero-order chi connectivity index (χ0) is 15.0. The summed E-state index contributed by atoms with van der Waals surface area (Å²) in [6.07, 6.45) is 1.88. The van der Waals surface area contributed by atoms with Crippen molar-refractivity contribution in [2.45, 2.75) is 38.0 Å². The summed E-state index contributed by atoms with van der Waals surface area (Å²) in [5.41, 5.74) is 0.820. The van der Waals surface area contributed by atoms with E-state index in [9.17, 15) is 9.18 Å². The number of carbonyl (C=O) groups excluding carboxylic acids is 1. The number of benzene rings is 1. The molecule has 0 bridgehead atoms. The molecule has 3 atom stereocenters. The number of hydrogen-bond acceptors (Lipinski definition) is 3. The molecule has 0 spiro atoms. The number of piperidine rings is 1. The first-order valence-corrected chi connectivity index (χ1v) is 7.58. The molecule has 3 unspecified atom stereocenters. The van der Waals surface area contributed by atoms with Gasteiger partial charge in [-0.2, -0.15) is 0 Å². The van der Waals surface area contributed by atoms with Crippen molar-refractivity contribution >= 4 is 5.91 Å². The number of halogens is 1. The lowest BCUT2D eigenvalue weighted by atomic mass is 10.0. The fourth-order valence-electron chi connectivity index (χ4n) is 3.43. The van der Waals surface area contributed by atoms with Gasteiger partial charge in [0.1, 0.15) is 12.0 Å². The van der Waals surface area contributed by atoms with Gasteiger partial charge in [-0.3, -0.25) is 10.1 Å². The Hall–Kier alpha value is -1.46. The third kappa shape index (κ3) is 2.80. The maximum Gasteiger partial charge on any atom is 0.241 e. The average Bonchev–Trinajstić information content (AvgIpc) is 2.75. The van der Waals surface area contributed by atoms with Crippen LogP contribution in [0.3, 0.4) is 0 Å². The number of amides is 1. The van der Waals surface area contributed by atoms with Gasteiger partial charge in [0.2, 0.25) is 5.91 Å². The first-order valence-electron chi connectivity index (χ1n) is 7.58. The summed E-state index contributed by atoms with van der Waals surface area (Å²) >= 11 is 0. The second-order valence-electron chi connectivity index (χ2n) is 6.15. The number of likely N-dealkylation sites (N-methyl/N-ethyl adjacent to an activating group) is 1. The van der Waals surface area contributed by atoms with Gasteiger partial charge in [-0.15, -0.1) is 0 Å². The summed E-state index contributed by atoms with van der Waals surface area (Å²) in [6.45, 7) is 3.83. The van der Waals surface area contributed by atoms with Crippen molar-refractivity contribution in [2.24, 2.45) is 0 Å². The molecule has 2 aliphatic heterocycles. The molecule has 2 fully saturated rings. The van der Waals surface area contributed by atoms with Crippen LogP contribution in [0, 0.1) is 5.82 Å². The zero-order valence-corrected chi connectivity index (χ0v) is 12.6. The van der Waals surface area contributed by atoms with Crippen LogP contribution in [0.5, 0.6) is 0 Å². The second-order valence-corrected chi connectivity index (χ2v) is 6.15. The highest BCUT2D eigenvalue weighted by Gasteiger charge is 2.41. The number of hydrogen-bond donors (Lipinski definition) is 1. The number of nitrogens with one attached hydrogen (secondary N) is 1. The molecule has 114 valence electrons. The third-order valence-corrected chi connectivity index (χ3v) is 4.47. The Morgan fingerprint density at radius 2 is 2.19 bits per heavy atom. The van der Waals surface area contributed by atoms with Crippen LogP contribution in [-0.4, -0.2) is 47.9 Å². The van der Waals surface area contributed by atoms with Crippen molar-refractivity contribution in [1.82, 2.24) is 15.1 Å². The maximum absolute atomic E-state index is 13.5. The molecule has 0 saturated carbocycles. The van der Waals surface area contributed by atoms with Crippen molar-refractivity contribution in [3.05, 3.63) is 35.6 Å². The molecule has 4 nitrogen and oxygen atoms in total. The molecule has 21 heavy (non-hydrogen) atoms. The molecule has 1 amide bonds. The van der Waals surface area contributed by atoms with E-state index in [0.717, 1.165) is 31.5 Å². The minimum Gasteiger partial charge on any atom is -0.317 e. The van der Waals surface area contributed by atoms with E-state index in [1.165, 1.54) is 12.1 Å². The maximum atomic E-state index is 13.5. The van der Waals surface area contributed by atoms with Crippen LogP contribution in [-0.2, 0) is 4.79 Å². The van der Waals surface area contributed by atoms with Gasteiger partial charge in [-0.25, -0.2) is 4.39 Å². The molecule has 0 aliphatic carbocycles. The van der Waals surface area contributed by atoms with Crippen molar-refractivity contribution in [1.29, 1.82) is 0 Å². The second kappa shape index (κ2) is 5.73. The molecule has 2 aliphatic rings. The van der Waals surface area contributed by atoms with Gasteiger partial charge < -0.3 is 9.80 Å². The molecular formula is C16H22FN3O. The lowest BCUT2D eigenvalue weighted by molar-refractivity contribution is -0.133. The van der Waals surface area contributed by atoms with E-state index in [4.69, 9.17) is 0 Å². The number of rotatable bonds is 2. The molecule has 0 radical (unpaired) electrons. The monoisotopic (exact) mass is 291 g/mol. The Morgan fingerprint density at radius 1 is 1.38 bits per heavy atom. The topological polar surface area (TPSA) is 35.6 Å². The zero-order valence-electron chi connectivity index (χ0n) is 12.6. The van der Waals surface area contributed by atoms with Crippen molar-refractivity contribution in [2.75, 3.05) is 20.1 Å².